The predicted octanol–water partition coefficient (Wildman–Crippen LogP) is 2.60. The van der Waals surface area contributed by atoms with E-state index in [2.05, 4.69) is 23.1 Å². The largest absolute Gasteiger partial charge is 0.460 e. The lowest BCUT2D eigenvalue weighted by Gasteiger charge is -2.16. The molecule has 2 fully saturated rings. The Morgan fingerprint density at radius 1 is 1.21 bits per heavy atom. The fraction of sp³-hybridized carbons (Fsp3) is 0.500. The maximum absolute atomic E-state index is 6.19. The molecule has 1 saturated heterocycles. The van der Waals surface area contributed by atoms with Crippen LogP contribution < -0.4 is 5.73 Å². The van der Waals surface area contributed by atoms with Gasteiger partial charge in [0.15, 0.2) is 0 Å². The van der Waals surface area contributed by atoms with Gasteiger partial charge < -0.3 is 10.2 Å². The van der Waals surface area contributed by atoms with E-state index in [0.717, 1.165) is 30.4 Å². The van der Waals surface area contributed by atoms with Crippen molar-refractivity contribution in [2.24, 2.45) is 17.6 Å². The van der Waals surface area contributed by atoms with Crippen molar-refractivity contribution < 1.29 is 4.42 Å². The van der Waals surface area contributed by atoms with Crippen LogP contribution in [0, 0.1) is 11.8 Å². The molecule has 1 aromatic carbocycles. The van der Waals surface area contributed by atoms with Gasteiger partial charge in [-0.3, -0.25) is 4.90 Å². The number of nitrogens with two attached hydrogens (primary N) is 1. The molecule has 2 aromatic rings. The summed E-state index contributed by atoms with van der Waals surface area (Å²) in [6.45, 7) is 3.26. The molecule has 100 valence electrons. The maximum Gasteiger partial charge on any atom is 0.134 e. The molecule has 3 unspecified atom stereocenters. The van der Waals surface area contributed by atoms with Gasteiger partial charge in [-0.2, -0.15) is 0 Å². The van der Waals surface area contributed by atoms with Crippen LogP contribution in [0.3, 0.4) is 0 Å². The number of furan rings is 1. The third-order valence-corrected chi connectivity index (χ3v) is 4.84. The van der Waals surface area contributed by atoms with Crippen LogP contribution in [-0.2, 0) is 6.54 Å². The Morgan fingerprint density at radius 2 is 2.11 bits per heavy atom. The molecule has 0 amide bonds. The number of likely N-dealkylation sites (tertiary alicyclic amines) is 1. The monoisotopic (exact) mass is 256 g/mol. The summed E-state index contributed by atoms with van der Waals surface area (Å²) >= 11 is 0. The lowest BCUT2D eigenvalue weighted by Crippen LogP contribution is -2.30. The standard InChI is InChI=1S/C16H20N2O/c17-15-6-5-12-8-18(10-14(12)15)9-13-7-11-3-1-2-4-16(11)19-13/h1-4,7,12,14-15H,5-6,8-10,17H2. The Morgan fingerprint density at radius 3 is 2.95 bits per heavy atom. The Balaban J connectivity index is 1.50. The Hall–Kier alpha value is -1.32. The molecule has 2 N–H and O–H groups in total. The van der Waals surface area contributed by atoms with E-state index in [-0.39, 0.29) is 0 Å². The second-order valence-corrected chi connectivity index (χ2v) is 6.11. The topological polar surface area (TPSA) is 42.4 Å². The third-order valence-electron chi connectivity index (χ3n) is 4.84. The average Bonchev–Trinajstić information content (AvgIpc) is 3.06. The van der Waals surface area contributed by atoms with Crippen molar-refractivity contribution >= 4 is 11.0 Å². The molecule has 0 spiro atoms. The van der Waals surface area contributed by atoms with Gasteiger partial charge in [0.1, 0.15) is 11.3 Å². The minimum Gasteiger partial charge on any atom is -0.460 e. The lowest BCUT2D eigenvalue weighted by atomic mass is 9.98. The minimum absolute atomic E-state index is 0.422. The molecule has 2 heterocycles. The van der Waals surface area contributed by atoms with Gasteiger partial charge in [0.05, 0.1) is 6.54 Å². The number of hydrogen-bond donors (Lipinski definition) is 1. The quantitative estimate of drug-likeness (QED) is 0.898. The lowest BCUT2D eigenvalue weighted by molar-refractivity contribution is 0.275. The zero-order valence-corrected chi connectivity index (χ0v) is 11.1. The van der Waals surface area contributed by atoms with Gasteiger partial charge >= 0.3 is 0 Å². The summed E-state index contributed by atoms with van der Waals surface area (Å²) in [6.07, 6.45) is 2.52. The van der Waals surface area contributed by atoms with Crippen LogP contribution in [-0.4, -0.2) is 24.0 Å². The fourth-order valence-electron chi connectivity index (χ4n) is 3.86. The second kappa shape index (κ2) is 4.36. The molecule has 3 heteroatoms. The van der Waals surface area contributed by atoms with Crippen LogP contribution in [0.25, 0.3) is 11.0 Å². The van der Waals surface area contributed by atoms with Crippen molar-refractivity contribution in [2.45, 2.75) is 25.4 Å². The fourth-order valence-corrected chi connectivity index (χ4v) is 3.86. The molecule has 1 aliphatic carbocycles. The second-order valence-electron chi connectivity index (χ2n) is 6.11. The molecule has 1 aromatic heterocycles. The number of fused-ring (bicyclic) bond motifs is 2. The number of hydrogen-bond acceptors (Lipinski definition) is 3. The highest BCUT2D eigenvalue weighted by molar-refractivity contribution is 5.77. The van der Waals surface area contributed by atoms with E-state index >= 15 is 0 Å². The smallest absolute Gasteiger partial charge is 0.134 e. The first-order chi connectivity index (χ1) is 9.29. The van der Waals surface area contributed by atoms with Crippen LogP contribution >= 0.6 is 0 Å². The summed E-state index contributed by atoms with van der Waals surface area (Å²) in [7, 11) is 0. The Kier molecular flexibility index (Phi) is 2.64. The first-order valence-corrected chi connectivity index (χ1v) is 7.25. The average molecular weight is 256 g/mol. The third kappa shape index (κ3) is 1.97. The molecule has 19 heavy (non-hydrogen) atoms. The van der Waals surface area contributed by atoms with Crippen molar-refractivity contribution in [3.63, 3.8) is 0 Å². The van der Waals surface area contributed by atoms with Gasteiger partial charge in [0.2, 0.25) is 0 Å². The number of rotatable bonds is 2. The zero-order chi connectivity index (χ0) is 12.8. The van der Waals surface area contributed by atoms with Crippen molar-refractivity contribution in [1.82, 2.24) is 4.90 Å². The van der Waals surface area contributed by atoms with Gasteiger partial charge in [-0.15, -0.1) is 0 Å². The van der Waals surface area contributed by atoms with Crippen LogP contribution in [0.1, 0.15) is 18.6 Å². The summed E-state index contributed by atoms with van der Waals surface area (Å²) in [5.41, 5.74) is 7.18. The molecular formula is C16H20N2O. The van der Waals surface area contributed by atoms with Crippen molar-refractivity contribution in [1.29, 1.82) is 0 Å². The Labute approximate surface area is 113 Å². The Bertz CT molecular complexity index is 558. The predicted molar refractivity (Wildman–Crippen MR) is 75.7 cm³/mol. The van der Waals surface area contributed by atoms with Gasteiger partial charge in [-0.1, -0.05) is 18.2 Å². The van der Waals surface area contributed by atoms with Crippen molar-refractivity contribution in [2.75, 3.05) is 13.1 Å². The molecule has 4 rings (SSSR count). The highest BCUT2D eigenvalue weighted by Crippen LogP contribution is 2.37. The van der Waals surface area contributed by atoms with E-state index in [1.54, 1.807) is 0 Å². The number of nitrogens with zero attached hydrogens (tertiary/aromatic N) is 1. The highest BCUT2D eigenvalue weighted by Gasteiger charge is 2.40. The van der Waals surface area contributed by atoms with Crippen molar-refractivity contribution in [3.8, 4) is 0 Å². The van der Waals surface area contributed by atoms with E-state index in [4.69, 9.17) is 10.2 Å². The number of para-hydroxylation sites is 1. The molecule has 0 bridgehead atoms. The summed E-state index contributed by atoms with van der Waals surface area (Å²) in [5, 5.41) is 1.20. The van der Waals surface area contributed by atoms with Gasteiger partial charge in [-0.25, -0.2) is 0 Å². The number of benzene rings is 1. The molecule has 0 radical (unpaired) electrons. The molecular weight excluding hydrogens is 236 g/mol. The SMILES string of the molecule is NC1CCC2CN(Cc3cc4ccccc4o3)CC12. The van der Waals surface area contributed by atoms with Gasteiger partial charge in [0.25, 0.3) is 0 Å². The van der Waals surface area contributed by atoms with Gasteiger partial charge in [0, 0.05) is 24.5 Å². The van der Waals surface area contributed by atoms with E-state index in [1.807, 2.05) is 12.1 Å². The minimum atomic E-state index is 0.422. The molecule has 3 atom stereocenters. The summed E-state index contributed by atoms with van der Waals surface area (Å²) in [4.78, 5) is 2.51. The normalized spacial score (nSPS) is 31.1. The van der Waals surface area contributed by atoms with E-state index in [0.29, 0.717) is 12.0 Å². The highest BCUT2D eigenvalue weighted by atomic mass is 16.3. The van der Waals surface area contributed by atoms with E-state index in [9.17, 15) is 0 Å². The maximum atomic E-state index is 6.19. The summed E-state index contributed by atoms with van der Waals surface area (Å²) in [5.74, 6) is 2.61. The van der Waals surface area contributed by atoms with Crippen LogP contribution in [0.2, 0.25) is 0 Å². The van der Waals surface area contributed by atoms with E-state index < -0.39 is 0 Å². The zero-order valence-electron chi connectivity index (χ0n) is 11.1. The van der Waals surface area contributed by atoms with Gasteiger partial charge in [-0.05, 0) is 36.8 Å². The molecule has 1 saturated carbocycles. The molecule has 1 aliphatic heterocycles. The molecule has 2 aliphatic rings. The summed E-state index contributed by atoms with van der Waals surface area (Å²) < 4.78 is 5.91. The first-order valence-electron chi connectivity index (χ1n) is 7.25. The summed E-state index contributed by atoms with van der Waals surface area (Å²) in [6, 6.07) is 10.8. The first kappa shape index (κ1) is 11.5. The van der Waals surface area contributed by atoms with Crippen LogP contribution in [0.5, 0.6) is 0 Å². The van der Waals surface area contributed by atoms with E-state index in [1.165, 1.54) is 24.8 Å². The van der Waals surface area contributed by atoms with Crippen molar-refractivity contribution in [3.05, 3.63) is 36.1 Å². The van der Waals surface area contributed by atoms with Crippen LogP contribution in [0.15, 0.2) is 34.7 Å². The molecule has 3 nitrogen and oxygen atoms in total. The van der Waals surface area contributed by atoms with Crippen LogP contribution in [0.4, 0.5) is 0 Å².